The van der Waals surface area contributed by atoms with E-state index in [1.807, 2.05) is 99.9 Å². The van der Waals surface area contributed by atoms with Crippen LogP contribution in [0.15, 0.2) is 76.4 Å². The van der Waals surface area contributed by atoms with E-state index in [4.69, 9.17) is 45.5 Å². The molecular formula is C38H56N2O15Si3. The maximum atomic E-state index is 13.5. The van der Waals surface area contributed by atoms with Crippen molar-refractivity contribution in [3.8, 4) is 0 Å². The van der Waals surface area contributed by atoms with E-state index in [1.165, 1.54) is 27.1 Å². The highest BCUT2D eigenvalue weighted by Crippen LogP contribution is 2.38. The number of aromatic nitrogens is 2. The van der Waals surface area contributed by atoms with Gasteiger partial charge in [-0.1, -0.05) is 60.7 Å². The minimum absolute atomic E-state index is 0.0445. The first-order chi connectivity index (χ1) is 27.3. The second-order valence-electron chi connectivity index (χ2n) is 15.4. The van der Waals surface area contributed by atoms with Crippen LogP contribution in [0.4, 0.5) is 0 Å². The van der Waals surface area contributed by atoms with Crippen molar-refractivity contribution < 1.29 is 60.2 Å². The van der Waals surface area contributed by atoms with Gasteiger partial charge in [-0.2, -0.15) is 0 Å². The lowest BCUT2D eigenvalue weighted by molar-refractivity contribution is -0.318. The highest BCUT2D eigenvalue weighted by Gasteiger charge is 2.56. The molecule has 1 saturated heterocycles. The summed E-state index contributed by atoms with van der Waals surface area (Å²) < 4.78 is 62.2. The van der Waals surface area contributed by atoms with Gasteiger partial charge in [0.25, 0.3) is 12.0 Å². The summed E-state index contributed by atoms with van der Waals surface area (Å²) >= 11 is 0. The van der Waals surface area contributed by atoms with Gasteiger partial charge in [0.15, 0.2) is 16.6 Å². The number of aromatic amines is 1. The molecule has 1 aromatic heterocycles. The molecule has 2 N–H and O–H groups in total. The standard InChI is InChI=1S/C38H56N2O15Si3/c1-26(41)46-20-22-48-38(49-23-21-47-27(2)42)52-35-32(43)31(51-34(35)30-24-39-37(45)40(3)36(30)44)25-50-58(54-56(4,5)6,55-57(7,8)9)53-33(28-16-12-10-13-17-28)29-18-14-11-15-19-29/h10-19,24,31-35,38,43H,20-23,25H2,1-9H3,(H,39,45)/t31-,32-,34+,35-/m1/s1. The fraction of sp³-hybridized carbons (Fsp3) is 0.526. The zero-order chi connectivity index (χ0) is 42.7. The molecule has 4 rings (SSSR count). The fourth-order valence-electron chi connectivity index (χ4n) is 5.80. The van der Waals surface area contributed by atoms with Crippen LogP contribution < -0.4 is 11.2 Å². The molecule has 0 spiro atoms. The molecule has 1 fully saturated rings. The van der Waals surface area contributed by atoms with E-state index in [0.717, 1.165) is 15.7 Å². The summed E-state index contributed by atoms with van der Waals surface area (Å²) in [5.41, 5.74) is 0.249. The van der Waals surface area contributed by atoms with E-state index in [1.54, 1.807) is 0 Å². The van der Waals surface area contributed by atoms with Crippen molar-refractivity contribution in [3.05, 3.63) is 104 Å². The second-order valence-corrected chi connectivity index (χ2v) is 27.0. The number of carbonyl (C=O) groups is 2. The number of nitrogens with one attached hydrogen (secondary N) is 1. The minimum atomic E-state index is -4.19. The molecule has 58 heavy (non-hydrogen) atoms. The van der Waals surface area contributed by atoms with Crippen LogP contribution in [0.1, 0.15) is 42.7 Å². The molecule has 1 aliphatic heterocycles. The number of carbonyl (C=O) groups excluding carboxylic acids is 2. The number of benzene rings is 2. The van der Waals surface area contributed by atoms with Crippen LogP contribution in [0.2, 0.25) is 39.3 Å². The molecular weight excluding hydrogens is 809 g/mol. The van der Waals surface area contributed by atoms with Gasteiger partial charge in [0.2, 0.25) is 0 Å². The van der Waals surface area contributed by atoms with Gasteiger partial charge in [0, 0.05) is 27.1 Å². The first-order valence-corrected chi connectivity index (χ1v) is 27.3. The largest absolute Gasteiger partial charge is 0.659 e. The summed E-state index contributed by atoms with van der Waals surface area (Å²) in [7, 11) is -7.93. The lowest BCUT2D eigenvalue weighted by Crippen LogP contribution is -2.60. The molecule has 0 unspecified atom stereocenters. The number of aliphatic hydroxyl groups excluding tert-OH is 1. The van der Waals surface area contributed by atoms with Gasteiger partial charge in [0.1, 0.15) is 43.7 Å². The van der Waals surface area contributed by atoms with E-state index >= 15 is 0 Å². The van der Waals surface area contributed by atoms with E-state index < -0.39 is 85.9 Å². The molecule has 4 atom stereocenters. The number of nitrogens with zero attached hydrogens (tertiary/aromatic N) is 1. The third-order valence-electron chi connectivity index (χ3n) is 8.16. The molecule has 0 bridgehead atoms. The maximum absolute atomic E-state index is 13.5. The maximum Gasteiger partial charge on any atom is 0.659 e. The van der Waals surface area contributed by atoms with Gasteiger partial charge in [0.05, 0.1) is 25.4 Å². The summed E-state index contributed by atoms with van der Waals surface area (Å²) in [6.45, 7) is 11.9. The Morgan fingerprint density at radius 1 is 0.810 bits per heavy atom. The smallest absolute Gasteiger partial charge is 0.463 e. The molecule has 20 heteroatoms. The van der Waals surface area contributed by atoms with Crippen molar-refractivity contribution >= 4 is 37.6 Å². The molecule has 0 aliphatic carbocycles. The predicted octanol–water partition coefficient (Wildman–Crippen LogP) is 3.66. The molecule has 2 heterocycles. The number of aliphatic hydroxyl groups is 1. The van der Waals surface area contributed by atoms with Gasteiger partial charge in [-0.3, -0.25) is 19.0 Å². The van der Waals surface area contributed by atoms with Gasteiger partial charge in [-0.25, -0.2) is 4.79 Å². The average Bonchev–Trinajstić information content (AvgIpc) is 3.45. The van der Waals surface area contributed by atoms with Gasteiger partial charge in [-0.15, -0.1) is 0 Å². The second kappa shape index (κ2) is 21.0. The van der Waals surface area contributed by atoms with Crippen molar-refractivity contribution in [1.29, 1.82) is 0 Å². The Bertz CT molecular complexity index is 1810. The number of rotatable bonds is 22. The molecule has 0 saturated carbocycles. The van der Waals surface area contributed by atoms with Crippen LogP contribution in [0, 0.1) is 0 Å². The molecule has 3 aromatic rings. The van der Waals surface area contributed by atoms with Crippen molar-refractivity contribution in [3.63, 3.8) is 0 Å². The van der Waals surface area contributed by atoms with E-state index in [2.05, 4.69) is 4.98 Å². The summed E-state index contributed by atoms with van der Waals surface area (Å²) in [6.07, 6.45) is -4.85. The molecule has 2 aromatic carbocycles. The molecule has 1 aliphatic rings. The Morgan fingerprint density at radius 2 is 1.31 bits per heavy atom. The Balaban J connectivity index is 1.73. The number of H-pyrrole nitrogens is 1. The highest BCUT2D eigenvalue weighted by atomic mass is 28.5. The van der Waals surface area contributed by atoms with E-state index in [-0.39, 0.29) is 38.6 Å². The summed E-state index contributed by atoms with van der Waals surface area (Å²) in [4.78, 5) is 51.1. The summed E-state index contributed by atoms with van der Waals surface area (Å²) in [6, 6.07) is 19.2. The van der Waals surface area contributed by atoms with Crippen LogP contribution in [0.3, 0.4) is 0 Å². The summed E-state index contributed by atoms with van der Waals surface area (Å²) in [5, 5.41) is 12.0. The zero-order valence-corrected chi connectivity index (χ0v) is 37.5. The Labute approximate surface area is 341 Å². The van der Waals surface area contributed by atoms with Crippen LogP contribution >= 0.6 is 0 Å². The van der Waals surface area contributed by atoms with E-state index in [0.29, 0.717) is 0 Å². The van der Waals surface area contributed by atoms with Crippen LogP contribution in [0.5, 0.6) is 0 Å². The molecule has 0 radical (unpaired) electrons. The molecule has 0 amide bonds. The third-order valence-corrected chi connectivity index (χ3v) is 16.1. The van der Waals surface area contributed by atoms with E-state index in [9.17, 15) is 24.3 Å². The average molecular weight is 865 g/mol. The predicted molar refractivity (Wildman–Crippen MR) is 216 cm³/mol. The number of esters is 2. The molecule has 17 nitrogen and oxygen atoms in total. The Morgan fingerprint density at radius 3 is 1.78 bits per heavy atom. The highest BCUT2D eigenvalue weighted by molar-refractivity contribution is 6.83. The lowest BCUT2D eigenvalue weighted by Gasteiger charge is -2.40. The van der Waals surface area contributed by atoms with Gasteiger partial charge in [-0.05, 0) is 50.4 Å². The zero-order valence-electron chi connectivity index (χ0n) is 34.5. The van der Waals surface area contributed by atoms with Crippen LogP contribution in [-0.4, -0.2) is 110 Å². The number of ether oxygens (including phenoxy) is 6. The van der Waals surface area contributed by atoms with Crippen molar-refractivity contribution in [2.45, 2.75) is 90.1 Å². The van der Waals surface area contributed by atoms with Gasteiger partial charge < -0.3 is 55.6 Å². The quantitative estimate of drug-likeness (QED) is 0.0641. The summed E-state index contributed by atoms with van der Waals surface area (Å²) in [5.74, 6) is -1.07. The first-order valence-electron chi connectivity index (χ1n) is 18.9. The third kappa shape index (κ3) is 14.3. The van der Waals surface area contributed by atoms with Crippen molar-refractivity contribution in [2.24, 2.45) is 7.05 Å². The Kier molecular flexibility index (Phi) is 17.1. The number of hydrogen-bond acceptors (Lipinski definition) is 15. The van der Waals surface area contributed by atoms with Crippen LogP contribution in [0.25, 0.3) is 0 Å². The van der Waals surface area contributed by atoms with Crippen LogP contribution in [-0.2, 0) is 62.1 Å². The minimum Gasteiger partial charge on any atom is -0.463 e. The topological polar surface area (TPSA) is 202 Å². The van der Waals surface area contributed by atoms with Gasteiger partial charge >= 0.3 is 26.7 Å². The fourth-order valence-corrected chi connectivity index (χ4v) is 14.2. The van der Waals surface area contributed by atoms with Crippen molar-refractivity contribution in [1.82, 2.24) is 9.55 Å². The number of hydrogen-bond donors (Lipinski definition) is 2. The van der Waals surface area contributed by atoms with Crippen molar-refractivity contribution in [2.75, 3.05) is 33.0 Å². The Hall–Kier alpha value is -3.65. The lowest BCUT2D eigenvalue weighted by atomic mass is 10.0. The normalized spacial score (nSPS) is 18.8. The SMILES string of the molecule is CC(=O)OCCOC(OCCOC(C)=O)O[C@@H]1[C@H](O)[C@@H](CO[Si](OC(c2ccccc2)c2ccccc2)(O[Si](C)(C)C)O[Si](C)(C)C)O[C@H]1c1c[nH]c(=O)n(C)c1=O. The molecule has 320 valence electrons. The monoisotopic (exact) mass is 864 g/mol. The first kappa shape index (κ1) is 47.0.